The molecule has 0 bridgehead atoms. The summed E-state index contributed by atoms with van der Waals surface area (Å²) < 4.78 is 40.6. The molecule has 0 spiro atoms. The van der Waals surface area contributed by atoms with Crippen molar-refractivity contribution in [1.82, 2.24) is 20.4 Å². The van der Waals surface area contributed by atoms with Gasteiger partial charge in [-0.05, 0) is 33.1 Å². The van der Waals surface area contributed by atoms with Crippen LogP contribution in [0.2, 0.25) is 0 Å². The fraction of sp³-hybridized carbons (Fsp3) is 0.750. The highest BCUT2D eigenvalue weighted by Gasteiger charge is 2.42. The van der Waals surface area contributed by atoms with Crippen LogP contribution in [0.1, 0.15) is 42.6 Å². The second-order valence-electron chi connectivity index (χ2n) is 6.45. The Hall–Kier alpha value is -1.73. The fourth-order valence-corrected chi connectivity index (χ4v) is 3.25. The molecule has 1 heterocycles. The third kappa shape index (κ3) is 4.42. The van der Waals surface area contributed by atoms with Crippen molar-refractivity contribution in [2.75, 3.05) is 7.05 Å². The van der Waals surface area contributed by atoms with E-state index >= 15 is 0 Å². The number of alkyl halides is 3. The molecule has 2 rings (SSSR count). The summed E-state index contributed by atoms with van der Waals surface area (Å²) in [4.78, 5) is 4.14. The zero-order valence-corrected chi connectivity index (χ0v) is 14.7. The number of nitrogens with one attached hydrogen (secondary N) is 2. The summed E-state index contributed by atoms with van der Waals surface area (Å²) in [6, 6.07) is -0.201. The number of hydrogen-bond acceptors (Lipinski definition) is 2. The van der Waals surface area contributed by atoms with Gasteiger partial charge in [0.25, 0.3) is 0 Å². The molecule has 0 aromatic carbocycles. The Morgan fingerprint density at radius 2 is 2.04 bits per heavy atom. The number of rotatable bonds is 3. The quantitative estimate of drug-likeness (QED) is 0.654. The van der Waals surface area contributed by atoms with E-state index in [1.165, 1.54) is 0 Å². The summed E-state index contributed by atoms with van der Waals surface area (Å²) >= 11 is 0. The van der Waals surface area contributed by atoms with Gasteiger partial charge in [-0.3, -0.25) is 9.67 Å². The minimum Gasteiger partial charge on any atom is -0.354 e. The molecule has 0 aliphatic heterocycles. The Kier molecular flexibility index (Phi) is 5.77. The van der Waals surface area contributed by atoms with Crippen LogP contribution in [0.15, 0.2) is 4.99 Å². The van der Waals surface area contributed by atoms with E-state index < -0.39 is 12.1 Å². The minimum absolute atomic E-state index is 0.106. The monoisotopic (exact) mass is 345 g/mol. The Labute approximate surface area is 140 Å². The summed E-state index contributed by atoms with van der Waals surface area (Å²) in [6.45, 7) is 4.47. The van der Waals surface area contributed by atoms with Gasteiger partial charge in [0.15, 0.2) is 5.96 Å². The third-order valence-electron chi connectivity index (χ3n) is 4.79. The van der Waals surface area contributed by atoms with Gasteiger partial charge in [0.05, 0.1) is 11.6 Å². The molecule has 136 valence electrons. The SMILES string of the molecule is CN=C(NCc1c(C)nn(C)c1C)NC1CCCC(C(F)(F)F)C1. The van der Waals surface area contributed by atoms with Gasteiger partial charge in [0.2, 0.25) is 0 Å². The van der Waals surface area contributed by atoms with Crippen molar-refractivity contribution in [3.63, 3.8) is 0 Å². The van der Waals surface area contributed by atoms with E-state index in [1.807, 2.05) is 25.6 Å². The maximum atomic E-state index is 12.9. The molecule has 1 saturated carbocycles. The van der Waals surface area contributed by atoms with Crippen molar-refractivity contribution < 1.29 is 13.2 Å². The Morgan fingerprint density at radius 3 is 2.58 bits per heavy atom. The minimum atomic E-state index is -4.11. The van der Waals surface area contributed by atoms with E-state index in [2.05, 4.69) is 20.7 Å². The highest BCUT2D eigenvalue weighted by Crippen LogP contribution is 2.37. The molecule has 0 radical (unpaired) electrons. The zero-order chi connectivity index (χ0) is 17.9. The maximum Gasteiger partial charge on any atom is 0.391 e. The van der Waals surface area contributed by atoms with Gasteiger partial charge < -0.3 is 10.6 Å². The highest BCUT2D eigenvalue weighted by molar-refractivity contribution is 5.80. The van der Waals surface area contributed by atoms with Crippen LogP contribution in [-0.4, -0.2) is 35.0 Å². The first-order chi connectivity index (χ1) is 11.2. The number of halogens is 3. The van der Waals surface area contributed by atoms with Crippen LogP contribution in [0.4, 0.5) is 13.2 Å². The molecule has 1 aliphatic rings. The lowest BCUT2D eigenvalue weighted by molar-refractivity contribution is -0.183. The molecule has 24 heavy (non-hydrogen) atoms. The van der Waals surface area contributed by atoms with Gasteiger partial charge in [-0.15, -0.1) is 0 Å². The topological polar surface area (TPSA) is 54.2 Å². The van der Waals surface area contributed by atoms with Crippen molar-refractivity contribution in [2.45, 2.75) is 58.3 Å². The van der Waals surface area contributed by atoms with Crippen molar-refractivity contribution in [3.05, 3.63) is 17.0 Å². The predicted octanol–water partition coefficient (Wildman–Crippen LogP) is 2.82. The van der Waals surface area contributed by atoms with Gasteiger partial charge in [-0.25, -0.2) is 0 Å². The normalized spacial score (nSPS) is 22.5. The second-order valence-corrected chi connectivity index (χ2v) is 6.45. The molecule has 2 unspecified atom stereocenters. The average Bonchev–Trinajstić information content (AvgIpc) is 2.76. The van der Waals surface area contributed by atoms with Crippen LogP contribution >= 0.6 is 0 Å². The van der Waals surface area contributed by atoms with E-state index in [-0.39, 0.29) is 18.9 Å². The first-order valence-electron chi connectivity index (χ1n) is 8.25. The third-order valence-corrected chi connectivity index (χ3v) is 4.79. The van der Waals surface area contributed by atoms with Crippen LogP contribution in [0.3, 0.4) is 0 Å². The zero-order valence-electron chi connectivity index (χ0n) is 14.7. The van der Waals surface area contributed by atoms with Crippen LogP contribution < -0.4 is 10.6 Å². The average molecular weight is 345 g/mol. The molecule has 1 aliphatic carbocycles. The van der Waals surface area contributed by atoms with E-state index in [0.29, 0.717) is 18.9 Å². The van der Waals surface area contributed by atoms with Crippen LogP contribution in [0, 0.1) is 19.8 Å². The number of guanidine groups is 1. The van der Waals surface area contributed by atoms with E-state index in [0.717, 1.165) is 23.4 Å². The van der Waals surface area contributed by atoms with Crippen molar-refractivity contribution in [2.24, 2.45) is 18.0 Å². The summed E-state index contributed by atoms with van der Waals surface area (Å²) in [5.41, 5.74) is 3.08. The van der Waals surface area contributed by atoms with Gasteiger partial charge >= 0.3 is 6.18 Å². The van der Waals surface area contributed by atoms with Gasteiger partial charge in [0.1, 0.15) is 0 Å². The summed E-state index contributed by atoms with van der Waals surface area (Å²) in [5, 5.41) is 10.7. The second kappa shape index (κ2) is 7.44. The summed E-state index contributed by atoms with van der Waals surface area (Å²) in [5.74, 6) is -0.685. The molecule has 0 amide bonds. The van der Waals surface area contributed by atoms with Crippen LogP contribution in [-0.2, 0) is 13.6 Å². The van der Waals surface area contributed by atoms with Crippen molar-refractivity contribution in [3.8, 4) is 0 Å². The van der Waals surface area contributed by atoms with Gasteiger partial charge in [0, 0.05) is 37.9 Å². The molecular weight excluding hydrogens is 319 g/mol. The molecule has 0 saturated heterocycles. The molecule has 1 aromatic rings. The molecule has 8 heteroatoms. The van der Waals surface area contributed by atoms with Gasteiger partial charge in [-0.1, -0.05) is 6.42 Å². The molecule has 2 atom stereocenters. The first kappa shape index (κ1) is 18.6. The Morgan fingerprint density at radius 1 is 1.33 bits per heavy atom. The summed E-state index contributed by atoms with van der Waals surface area (Å²) in [7, 11) is 3.51. The number of aliphatic imine (C=N–C) groups is 1. The Bertz CT molecular complexity index is 591. The number of nitrogens with zero attached hydrogens (tertiary/aromatic N) is 3. The van der Waals surface area contributed by atoms with E-state index in [9.17, 15) is 13.2 Å². The van der Waals surface area contributed by atoms with Crippen LogP contribution in [0.5, 0.6) is 0 Å². The number of aromatic nitrogens is 2. The maximum absolute atomic E-state index is 12.9. The molecule has 1 aromatic heterocycles. The lowest BCUT2D eigenvalue weighted by Gasteiger charge is -2.31. The fourth-order valence-electron chi connectivity index (χ4n) is 3.25. The first-order valence-corrected chi connectivity index (χ1v) is 8.25. The van der Waals surface area contributed by atoms with Crippen molar-refractivity contribution in [1.29, 1.82) is 0 Å². The molecule has 5 nitrogen and oxygen atoms in total. The smallest absolute Gasteiger partial charge is 0.354 e. The lowest BCUT2D eigenvalue weighted by atomic mass is 9.85. The van der Waals surface area contributed by atoms with Crippen molar-refractivity contribution >= 4 is 5.96 Å². The standard InChI is InChI=1S/C16H26F3N5/c1-10-14(11(2)24(4)23-10)9-21-15(20-3)22-13-7-5-6-12(8-13)16(17,18)19/h12-13H,5-9H2,1-4H3,(H2,20,21,22). The molecular formula is C16H26F3N5. The highest BCUT2D eigenvalue weighted by atomic mass is 19.4. The number of aryl methyl sites for hydroxylation is 2. The lowest BCUT2D eigenvalue weighted by Crippen LogP contribution is -2.46. The predicted molar refractivity (Wildman–Crippen MR) is 87.8 cm³/mol. The van der Waals surface area contributed by atoms with Crippen LogP contribution in [0.25, 0.3) is 0 Å². The van der Waals surface area contributed by atoms with E-state index in [4.69, 9.17) is 0 Å². The number of hydrogen-bond donors (Lipinski definition) is 2. The van der Waals surface area contributed by atoms with Gasteiger partial charge in [-0.2, -0.15) is 18.3 Å². The molecule has 2 N–H and O–H groups in total. The largest absolute Gasteiger partial charge is 0.391 e. The Balaban J connectivity index is 1.93. The summed E-state index contributed by atoms with van der Waals surface area (Å²) in [6.07, 6.45) is -2.46. The molecule has 1 fully saturated rings. The van der Waals surface area contributed by atoms with E-state index in [1.54, 1.807) is 7.05 Å².